The molecule has 0 saturated heterocycles. The fourth-order valence-electron chi connectivity index (χ4n) is 2.34. The molecule has 9 nitrogen and oxygen atoms in total. The summed E-state index contributed by atoms with van der Waals surface area (Å²) in [7, 11) is -3.76. The average molecular weight is 405 g/mol. The van der Waals surface area contributed by atoms with E-state index in [1.165, 1.54) is 36.4 Å². The maximum absolute atomic E-state index is 12.3. The maximum atomic E-state index is 12.3. The third kappa shape index (κ3) is 5.89. The molecule has 2 rings (SSSR count). The van der Waals surface area contributed by atoms with Crippen molar-refractivity contribution in [2.45, 2.75) is 17.7 Å². The number of benzene rings is 2. The molecule has 0 unspecified atom stereocenters. The summed E-state index contributed by atoms with van der Waals surface area (Å²) >= 11 is 0. The van der Waals surface area contributed by atoms with Gasteiger partial charge in [0.05, 0.1) is 16.0 Å². The maximum Gasteiger partial charge on any atom is 0.335 e. The lowest BCUT2D eigenvalue weighted by Crippen LogP contribution is -2.46. The Labute approximate surface area is 162 Å². The lowest BCUT2D eigenvalue weighted by Gasteiger charge is -2.08. The minimum Gasteiger partial charge on any atom is -0.478 e. The van der Waals surface area contributed by atoms with Gasteiger partial charge in [0.25, 0.3) is 5.84 Å². The SMILES string of the molecule is NC(=[NH2+])c1cccc(S(=O)(=O)NCCCC(=O)Nc2cccc(C(=O)O)c2)c1. The minimum absolute atomic E-state index is 0.0145. The van der Waals surface area contributed by atoms with E-state index in [1.54, 1.807) is 12.1 Å². The van der Waals surface area contributed by atoms with E-state index < -0.39 is 16.0 Å². The van der Waals surface area contributed by atoms with Crippen molar-refractivity contribution >= 4 is 33.4 Å². The highest BCUT2D eigenvalue weighted by molar-refractivity contribution is 7.89. The van der Waals surface area contributed by atoms with Gasteiger partial charge in [-0.1, -0.05) is 12.1 Å². The van der Waals surface area contributed by atoms with Crippen molar-refractivity contribution in [2.24, 2.45) is 5.73 Å². The van der Waals surface area contributed by atoms with Crippen LogP contribution in [0.4, 0.5) is 5.69 Å². The van der Waals surface area contributed by atoms with Gasteiger partial charge in [0.1, 0.15) is 0 Å². The molecule has 0 bridgehead atoms. The molecule has 0 spiro atoms. The third-order valence-electron chi connectivity index (χ3n) is 3.74. The molecule has 0 saturated carbocycles. The summed E-state index contributed by atoms with van der Waals surface area (Å²) in [4.78, 5) is 22.9. The number of sulfonamides is 1. The predicted octanol–water partition coefficient (Wildman–Crippen LogP) is -0.454. The van der Waals surface area contributed by atoms with Crippen molar-refractivity contribution < 1.29 is 28.5 Å². The Bertz CT molecular complexity index is 1000. The third-order valence-corrected chi connectivity index (χ3v) is 5.20. The van der Waals surface area contributed by atoms with Crippen LogP contribution in [0.3, 0.4) is 0 Å². The largest absolute Gasteiger partial charge is 0.478 e. The molecule has 2 aromatic rings. The fourth-order valence-corrected chi connectivity index (χ4v) is 3.45. The zero-order valence-electron chi connectivity index (χ0n) is 14.9. The first-order valence-electron chi connectivity index (χ1n) is 8.30. The Morgan fingerprint density at radius 1 is 1.07 bits per heavy atom. The van der Waals surface area contributed by atoms with E-state index in [9.17, 15) is 18.0 Å². The number of hydrogen-bond acceptors (Lipinski definition) is 4. The first-order valence-corrected chi connectivity index (χ1v) is 9.78. The van der Waals surface area contributed by atoms with Crippen LogP contribution in [-0.4, -0.2) is 37.8 Å². The summed E-state index contributed by atoms with van der Waals surface area (Å²) in [5.74, 6) is -1.43. The van der Waals surface area contributed by atoms with Gasteiger partial charge in [-0.15, -0.1) is 0 Å². The number of amides is 1. The van der Waals surface area contributed by atoms with Crippen LogP contribution in [0.15, 0.2) is 53.4 Å². The molecule has 0 radical (unpaired) electrons. The van der Waals surface area contributed by atoms with E-state index in [2.05, 4.69) is 10.0 Å². The van der Waals surface area contributed by atoms with Gasteiger partial charge in [-0.05, 0) is 42.8 Å². The lowest BCUT2D eigenvalue weighted by molar-refractivity contribution is -0.116. The molecule has 10 heteroatoms. The van der Waals surface area contributed by atoms with Crippen molar-refractivity contribution in [3.63, 3.8) is 0 Å². The van der Waals surface area contributed by atoms with Gasteiger partial charge < -0.3 is 10.4 Å². The quantitative estimate of drug-likeness (QED) is 0.215. The van der Waals surface area contributed by atoms with E-state index in [4.69, 9.17) is 16.2 Å². The molecule has 148 valence electrons. The molecule has 0 atom stereocenters. The molecule has 28 heavy (non-hydrogen) atoms. The van der Waals surface area contributed by atoms with E-state index in [-0.39, 0.29) is 41.6 Å². The normalized spacial score (nSPS) is 11.0. The number of anilines is 1. The Kier molecular flexibility index (Phi) is 6.85. The number of carbonyl (C=O) groups is 2. The van der Waals surface area contributed by atoms with Crippen LogP contribution in [0.2, 0.25) is 0 Å². The number of rotatable bonds is 9. The molecule has 0 aliphatic heterocycles. The predicted molar refractivity (Wildman–Crippen MR) is 103 cm³/mol. The molecule has 0 aliphatic rings. The van der Waals surface area contributed by atoms with E-state index in [0.29, 0.717) is 11.3 Å². The Morgan fingerprint density at radius 2 is 1.75 bits per heavy atom. The van der Waals surface area contributed by atoms with Crippen LogP contribution in [0.25, 0.3) is 0 Å². The Morgan fingerprint density at radius 3 is 2.43 bits per heavy atom. The van der Waals surface area contributed by atoms with Crippen LogP contribution >= 0.6 is 0 Å². The number of hydrogen-bond donors (Lipinski definition) is 5. The molecular formula is C18H21N4O5S+. The molecule has 0 aromatic heterocycles. The van der Waals surface area contributed by atoms with Crippen molar-refractivity contribution in [3.05, 3.63) is 59.7 Å². The van der Waals surface area contributed by atoms with Crippen molar-refractivity contribution in [2.75, 3.05) is 11.9 Å². The molecule has 2 aromatic carbocycles. The topological polar surface area (TPSA) is 164 Å². The van der Waals surface area contributed by atoms with Crippen LogP contribution < -0.4 is 21.2 Å². The monoisotopic (exact) mass is 405 g/mol. The first-order chi connectivity index (χ1) is 13.2. The summed E-state index contributed by atoms with van der Waals surface area (Å²) in [6.45, 7) is 0.0525. The zero-order chi connectivity index (χ0) is 20.7. The first kappa shape index (κ1) is 21.1. The number of carboxylic acid groups (broad SMARTS) is 1. The summed E-state index contributed by atoms with van der Waals surface area (Å²) in [5.41, 5.74) is 6.30. The number of nitrogens with two attached hydrogens (primary N) is 2. The molecular weight excluding hydrogens is 384 g/mol. The van der Waals surface area contributed by atoms with Crippen LogP contribution in [0, 0.1) is 0 Å². The van der Waals surface area contributed by atoms with Gasteiger partial charge >= 0.3 is 5.97 Å². The van der Waals surface area contributed by atoms with Crippen LogP contribution in [-0.2, 0) is 14.8 Å². The summed E-state index contributed by atoms with van der Waals surface area (Å²) in [5, 5.41) is 17.0. The standard InChI is InChI=1S/C18H20N4O5S/c19-17(20)12-4-2-7-15(11-12)28(26,27)21-9-3-8-16(23)22-14-6-1-5-13(10-14)18(24)25/h1-2,4-7,10-11,21H,3,8-9H2,(H3,19,20)(H,22,23)(H,24,25)/p+1. The van der Waals surface area contributed by atoms with Gasteiger partial charge in [0.15, 0.2) is 0 Å². The van der Waals surface area contributed by atoms with E-state index in [0.717, 1.165) is 0 Å². The van der Waals surface area contributed by atoms with Crippen molar-refractivity contribution in [1.82, 2.24) is 4.72 Å². The fraction of sp³-hybridized carbons (Fsp3) is 0.167. The van der Waals surface area contributed by atoms with E-state index >= 15 is 0 Å². The van der Waals surface area contributed by atoms with Crippen LogP contribution in [0.1, 0.15) is 28.8 Å². The zero-order valence-corrected chi connectivity index (χ0v) is 15.7. The van der Waals surface area contributed by atoms with Crippen molar-refractivity contribution in [3.8, 4) is 0 Å². The van der Waals surface area contributed by atoms with Gasteiger partial charge in [-0.2, -0.15) is 0 Å². The average Bonchev–Trinajstić information content (AvgIpc) is 2.65. The highest BCUT2D eigenvalue weighted by Crippen LogP contribution is 2.12. The smallest absolute Gasteiger partial charge is 0.335 e. The highest BCUT2D eigenvalue weighted by Gasteiger charge is 2.15. The Hall–Kier alpha value is -3.24. The van der Waals surface area contributed by atoms with Gasteiger partial charge in [0.2, 0.25) is 15.9 Å². The molecule has 7 N–H and O–H groups in total. The van der Waals surface area contributed by atoms with Gasteiger partial charge in [-0.3, -0.25) is 15.9 Å². The second-order valence-electron chi connectivity index (χ2n) is 5.92. The molecule has 0 heterocycles. The second-order valence-corrected chi connectivity index (χ2v) is 7.69. The molecule has 0 aliphatic carbocycles. The number of amidine groups is 1. The van der Waals surface area contributed by atoms with Crippen LogP contribution in [0.5, 0.6) is 0 Å². The van der Waals surface area contributed by atoms with Crippen molar-refractivity contribution in [1.29, 1.82) is 0 Å². The Balaban J connectivity index is 1.85. The minimum atomic E-state index is -3.76. The van der Waals surface area contributed by atoms with E-state index in [1.807, 2.05) is 0 Å². The summed E-state index contributed by atoms with van der Waals surface area (Å²) < 4.78 is 27.0. The van der Waals surface area contributed by atoms with Gasteiger partial charge in [0, 0.05) is 18.7 Å². The van der Waals surface area contributed by atoms with Gasteiger partial charge in [-0.25, -0.2) is 17.9 Å². The molecule has 1 amide bonds. The number of nitrogens with one attached hydrogen (secondary N) is 2. The number of carbonyl (C=O) groups excluding carboxylic acids is 1. The number of aromatic carboxylic acids is 1. The highest BCUT2D eigenvalue weighted by atomic mass is 32.2. The summed E-state index contributed by atoms with van der Waals surface area (Å²) in [6, 6.07) is 11.7. The molecule has 0 fully saturated rings. The lowest BCUT2D eigenvalue weighted by atomic mass is 10.2. The second kappa shape index (κ2) is 9.11. The summed E-state index contributed by atoms with van der Waals surface area (Å²) in [6.07, 6.45) is 0.317. The number of carboxylic acids is 1.